The third-order valence-electron chi connectivity index (χ3n) is 4.35. The Morgan fingerprint density at radius 1 is 1.10 bits per heavy atom. The van der Waals surface area contributed by atoms with E-state index in [0.717, 1.165) is 44.5 Å². The number of nitrogens with zero attached hydrogens (tertiary/aromatic N) is 1. The Balaban J connectivity index is 1.50. The Hall–Kier alpha value is -1.51. The van der Waals surface area contributed by atoms with Crippen LogP contribution < -0.4 is 4.74 Å². The van der Waals surface area contributed by atoms with Crippen molar-refractivity contribution >= 4 is 5.91 Å². The minimum atomic E-state index is 0.307. The Morgan fingerprint density at radius 3 is 2.85 bits per heavy atom. The summed E-state index contributed by atoms with van der Waals surface area (Å²) in [6.45, 7) is 2.48. The molecule has 1 aromatic carbocycles. The largest absolute Gasteiger partial charge is 0.493 e. The van der Waals surface area contributed by atoms with E-state index in [-0.39, 0.29) is 0 Å². The Kier molecular flexibility index (Phi) is 4.24. The lowest BCUT2D eigenvalue weighted by molar-refractivity contribution is -0.127. The first-order chi connectivity index (χ1) is 9.84. The van der Waals surface area contributed by atoms with Crippen LogP contribution in [-0.4, -0.2) is 30.5 Å². The second-order valence-corrected chi connectivity index (χ2v) is 5.79. The van der Waals surface area contributed by atoms with Gasteiger partial charge in [0.2, 0.25) is 5.91 Å². The fraction of sp³-hybridized carbons (Fsp3) is 0.588. The topological polar surface area (TPSA) is 29.5 Å². The molecule has 108 valence electrons. The Labute approximate surface area is 120 Å². The van der Waals surface area contributed by atoms with Gasteiger partial charge in [0.05, 0.1) is 6.61 Å². The molecule has 20 heavy (non-hydrogen) atoms. The number of aryl methyl sites for hydroxylation is 1. The molecule has 0 N–H and O–H groups in total. The van der Waals surface area contributed by atoms with E-state index < -0.39 is 0 Å². The van der Waals surface area contributed by atoms with Crippen LogP contribution >= 0.6 is 0 Å². The molecule has 1 amide bonds. The minimum Gasteiger partial charge on any atom is -0.493 e. The molecule has 1 aliphatic carbocycles. The fourth-order valence-electron chi connectivity index (χ4n) is 3.26. The predicted octanol–water partition coefficient (Wildman–Crippen LogP) is 2.96. The third kappa shape index (κ3) is 2.97. The summed E-state index contributed by atoms with van der Waals surface area (Å²) in [6, 6.07) is 6.42. The van der Waals surface area contributed by atoms with Crippen molar-refractivity contribution in [3.8, 4) is 5.75 Å². The molecule has 1 fully saturated rings. The Bertz CT molecular complexity index is 484. The normalized spacial score (nSPS) is 18.2. The summed E-state index contributed by atoms with van der Waals surface area (Å²) in [5.74, 6) is 1.37. The maximum absolute atomic E-state index is 11.5. The summed E-state index contributed by atoms with van der Waals surface area (Å²) in [5, 5.41) is 0. The molecule has 3 heteroatoms. The maximum Gasteiger partial charge on any atom is 0.222 e. The number of carbonyl (C=O) groups is 1. The van der Waals surface area contributed by atoms with Crippen LogP contribution in [0.15, 0.2) is 18.2 Å². The molecule has 3 rings (SSSR count). The van der Waals surface area contributed by atoms with Crippen LogP contribution in [0.3, 0.4) is 0 Å². The molecule has 0 aromatic heterocycles. The molecule has 0 spiro atoms. The lowest BCUT2D eigenvalue weighted by Crippen LogP contribution is -2.26. The molecule has 0 atom stereocenters. The maximum atomic E-state index is 11.5. The highest BCUT2D eigenvalue weighted by atomic mass is 16.5. The van der Waals surface area contributed by atoms with E-state index >= 15 is 0 Å². The molecule has 0 unspecified atom stereocenters. The van der Waals surface area contributed by atoms with Crippen molar-refractivity contribution in [2.24, 2.45) is 0 Å². The second kappa shape index (κ2) is 6.29. The van der Waals surface area contributed by atoms with Gasteiger partial charge in [0.25, 0.3) is 0 Å². The number of carbonyl (C=O) groups excluding carboxylic acids is 1. The van der Waals surface area contributed by atoms with Crippen molar-refractivity contribution in [3.05, 3.63) is 29.3 Å². The van der Waals surface area contributed by atoms with Gasteiger partial charge in [-0.3, -0.25) is 4.79 Å². The van der Waals surface area contributed by atoms with Crippen LogP contribution in [0, 0.1) is 0 Å². The average Bonchev–Trinajstić information content (AvgIpc) is 2.89. The zero-order chi connectivity index (χ0) is 13.8. The van der Waals surface area contributed by atoms with Gasteiger partial charge in [-0.05, 0) is 55.7 Å². The minimum absolute atomic E-state index is 0.307. The number of hydrogen-bond donors (Lipinski definition) is 0. The SMILES string of the molecule is O=C1CCCN1CCCOc1cccc2c1CCCC2. The summed E-state index contributed by atoms with van der Waals surface area (Å²) in [7, 11) is 0. The van der Waals surface area contributed by atoms with Gasteiger partial charge in [-0.2, -0.15) is 0 Å². The molecule has 0 saturated carbocycles. The van der Waals surface area contributed by atoms with Gasteiger partial charge in [0.15, 0.2) is 0 Å². The van der Waals surface area contributed by atoms with Crippen LogP contribution in [-0.2, 0) is 17.6 Å². The first kappa shape index (κ1) is 13.5. The van der Waals surface area contributed by atoms with Crippen molar-refractivity contribution in [1.29, 1.82) is 0 Å². The van der Waals surface area contributed by atoms with Gasteiger partial charge in [0, 0.05) is 19.5 Å². The summed E-state index contributed by atoms with van der Waals surface area (Å²) in [6.07, 6.45) is 7.59. The van der Waals surface area contributed by atoms with Crippen LogP contribution in [0.4, 0.5) is 0 Å². The molecular formula is C17H23NO2. The van der Waals surface area contributed by atoms with Crippen molar-refractivity contribution in [2.75, 3.05) is 19.7 Å². The first-order valence-electron chi connectivity index (χ1n) is 7.86. The summed E-state index contributed by atoms with van der Waals surface area (Å²) in [5.41, 5.74) is 2.87. The van der Waals surface area contributed by atoms with E-state index in [1.165, 1.54) is 30.4 Å². The van der Waals surface area contributed by atoms with E-state index in [1.54, 1.807) is 0 Å². The van der Waals surface area contributed by atoms with Crippen molar-refractivity contribution in [1.82, 2.24) is 4.90 Å². The number of ether oxygens (including phenoxy) is 1. The number of likely N-dealkylation sites (tertiary alicyclic amines) is 1. The summed E-state index contributed by atoms with van der Waals surface area (Å²) in [4.78, 5) is 13.5. The molecule has 0 bridgehead atoms. The van der Waals surface area contributed by atoms with Gasteiger partial charge in [-0.15, -0.1) is 0 Å². The summed E-state index contributed by atoms with van der Waals surface area (Å²) < 4.78 is 5.96. The van der Waals surface area contributed by atoms with E-state index in [9.17, 15) is 4.79 Å². The first-order valence-corrected chi connectivity index (χ1v) is 7.86. The zero-order valence-corrected chi connectivity index (χ0v) is 12.1. The average molecular weight is 273 g/mol. The van der Waals surface area contributed by atoms with E-state index in [0.29, 0.717) is 12.5 Å². The molecule has 2 aliphatic rings. The number of rotatable bonds is 5. The molecule has 0 radical (unpaired) electrons. The monoisotopic (exact) mass is 273 g/mol. The van der Waals surface area contributed by atoms with Crippen molar-refractivity contribution < 1.29 is 9.53 Å². The molecule has 3 nitrogen and oxygen atoms in total. The zero-order valence-electron chi connectivity index (χ0n) is 12.1. The molecule has 1 saturated heterocycles. The Morgan fingerprint density at radius 2 is 2.00 bits per heavy atom. The van der Waals surface area contributed by atoms with Gasteiger partial charge < -0.3 is 9.64 Å². The molecular weight excluding hydrogens is 250 g/mol. The highest BCUT2D eigenvalue weighted by molar-refractivity contribution is 5.77. The number of fused-ring (bicyclic) bond motifs is 1. The quantitative estimate of drug-likeness (QED) is 0.772. The predicted molar refractivity (Wildman–Crippen MR) is 79.0 cm³/mol. The van der Waals surface area contributed by atoms with Crippen LogP contribution in [0.1, 0.15) is 43.2 Å². The van der Waals surface area contributed by atoms with E-state index in [4.69, 9.17) is 4.74 Å². The second-order valence-electron chi connectivity index (χ2n) is 5.79. The number of benzene rings is 1. The van der Waals surface area contributed by atoms with Gasteiger partial charge in [-0.25, -0.2) is 0 Å². The lowest BCUT2D eigenvalue weighted by atomic mass is 9.91. The lowest BCUT2D eigenvalue weighted by Gasteiger charge is -2.20. The van der Waals surface area contributed by atoms with E-state index in [2.05, 4.69) is 18.2 Å². The number of amides is 1. The third-order valence-corrected chi connectivity index (χ3v) is 4.35. The van der Waals surface area contributed by atoms with Gasteiger partial charge in [0.1, 0.15) is 5.75 Å². The van der Waals surface area contributed by atoms with Crippen LogP contribution in [0.2, 0.25) is 0 Å². The highest BCUT2D eigenvalue weighted by Crippen LogP contribution is 2.29. The molecule has 1 aliphatic heterocycles. The van der Waals surface area contributed by atoms with Crippen molar-refractivity contribution in [3.63, 3.8) is 0 Å². The smallest absolute Gasteiger partial charge is 0.222 e. The standard InChI is InChI=1S/C17H23NO2/c19-17-10-4-11-18(17)12-5-13-20-16-9-3-7-14-6-1-2-8-15(14)16/h3,7,9H,1-2,4-6,8,10-13H2. The van der Waals surface area contributed by atoms with Gasteiger partial charge >= 0.3 is 0 Å². The van der Waals surface area contributed by atoms with Crippen LogP contribution in [0.5, 0.6) is 5.75 Å². The molecule has 1 aromatic rings. The van der Waals surface area contributed by atoms with E-state index in [1.807, 2.05) is 4.90 Å². The summed E-state index contributed by atoms with van der Waals surface area (Å²) >= 11 is 0. The molecule has 1 heterocycles. The fourth-order valence-corrected chi connectivity index (χ4v) is 3.26. The highest BCUT2D eigenvalue weighted by Gasteiger charge is 2.19. The van der Waals surface area contributed by atoms with Crippen LogP contribution in [0.25, 0.3) is 0 Å². The van der Waals surface area contributed by atoms with Gasteiger partial charge in [-0.1, -0.05) is 12.1 Å². The van der Waals surface area contributed by atoms with Crippen molar-refractivity contribution in [2.45, 2.75) is 44.9 Å². The number of hydrogen-bond acceptors (Lipinski definition) is 2.